The Bertz CT molecular complexity index is 431. The summed E-state index contributed by atoms with van der Waals surface area (Å²) in [7, 11) is 0. The highest BCUT2D eigenvalue weighted by Crippen LogP contribution is 2.11. The molecule has 7 heteroatoms. The van der Waals surface area contributed by atoms with Gasteiger partial charge in [-0.2, -0.15) is 0 Å². The minimum atomic E-state index is -0.339. The lowest BCUT2D eigenvalue weighted by molar-refractivity contribution is 0.0394. The largest absolute Gasteiger partial charge is 0.376 e. The van der Waals surface area contributed by atoms with Crippen molar-refractivity contribution in [2.45, 2.75) is 18.9 Å². The molecule has 1 aliphatic rings. The predicted molar refractivity (Wildman–Crippen MR) is 70.2 cm³/mol. The zero-order valence-electron chi connectivity index (χ0n) is 10.0. The van der Waals surface area contributed by atoms with Gasteiger partial charge >= 0.3 is 0 Å². The molecule has 0 atom stereocenters. The average molecular weight is 273 g/mol. The summed E-state index contributed by atoms with van der Waals surface area (Å²) >= 11 is 5.80. The number of piperidine rings is 1. The van der Waals surface area contributed by atoms with Gasteiger partial charge in [-0.15, -0.1) is 0 Å². The summed E-state index contributed by atoms with van der Waals surface area (Å²) in [6.07, 6.45) is 3.74. The molecule has 6 nitrogen and oxygen atoms in total. The molecule has 0 bridgehead atoms. The Labute approximate surface area is 110 Å². The molecule has 0 aliphatic carbocycles. The summed E-state index contributed by atoms with van der Waals surface area (Å²) in [6.45, 7) is 3.19. The lowest BCUT2D eigenvalue weighted by atomic mass is 10.1. The van der Waals surface area contributed by atoms with Crippen LogP contribution in [0, 0.1) is 0 Å². The molecule has 1 aliphatic heterocycles. The Morgan fingerprint density at radius 1 is 1.50 bits per heavy atom. The van der Waals surface area contributed by atoms with E-state index in [1.165, 1.54) is 6.33 Å². The zero-order valence-corrected chi connectivity index (χ0v) is 10.8. The number of halogens is 1. The standard InChI is InChI=1S/C11H17ClN4O2/c12-9-10(15-7-16-11(9)17)14-5-6-18-8-1-3-13-4-2-8/h7-8,13H,1-6H2,(H2,14,15,16,17). The van der Waals surface area contributed by atoms with Gasteiger partial charge in [0.15, 0.2) is 5.82 Å². The van der Waals surface area contributed by atoms with Crippen LogP contribution in [0.2, 0.25) is 5.02 Å². The van der Waals surface area contributed by atoms with Gasteiger partial charge in [-0.3, -0.25) is 4.79 Å². The van der Waals surface area contributed by atoms with Crippen molar-refractivity contribution in [3.05, 3.63) is 21.7 Å². The van der Waals surface area contributed by atoms with Gasteiger partial charge in [-0.05, 0) is 25.9 Å². The van der Waals surface area contributed by atoms with E-state index in [1.54, 1.807) is 0 Å². The van der Waals surface area contributed by atoms with Crippen LogP contribution in [0.15, 0.2) is 11.1 Å². The third-order valence-electron chi connectivity index (χ3n) is 2.83. The lowest BCUT2D eigenvalue weighted by Gasteiger charge is -2.23. The van der Waals surface area contributed by atoms with Crippen molar-refractivity contribution < 1.29 is 4.74 Å². The van der Waals surface area contributed by atoms with Crippen LogP contribution in [0.1, 0.15) is 12.8 Å². The average Bonchev–Trinajstić information content (AvgIpc) is 2.40. The maximum atomic E-state index is 11.2. The van der Waals surface area contributed by atoms with Crippen molar-refractivity contribution >= 4 is 17.4 Å². The normalized spacial score (nSPS) is 16.7. The zero-order chi connectivity index (χ0) is 12.8. The molecule has 18 heavy (non-hydrogen) atoms. The lowest BCUT2D eigenvalue weighted by Crippen LogP contribution is -2.33. The molecule has 3 N–H and O–H groups in total. The number of nitrogens with zero attached hydrogens (tertiary/aromatic N) is 1. The van der Waals surface area contributed by atoms with Gasteiger partial charge in [-0.25, -0.2) is 4.98 Å². The first-order chi connectivity index (χ1) is 8.77. The van der Waals surface area contributed by atoms with Gasteiger partial charge in [0.05, 0.1) is 19.0 Å². The third kappa shape index (κ3) is 3.69. The number of nitrogens with one attached hydrogen (secondary N) is 3. The predicted octanol–water partition coefficient (Wildman–Crippen LogP) is 0.604. The Hall–Kier alpha value is -1.11. The van der Waals surface area contributed by atoms with Crippen molar-refractivity contribution in [1.29, 1.82) is 0 Å². The minimum absolute atomic E-state index is 0.0827. The molecule has 1 fully saturated rings. The first-order valence-electron chi connectivity index (χ1n) is 6.07. The van der Waals surface area contributed by atoms with Crippen LogP contribution in [-0.2, 0) is 4.74 Å². The highest BCUT2D eigenvalue weighted by atomic mass is 35.5. The van der Waals surface area contributed by atoms with E-state index in [0.29, 0.717) is 25.1 Å². The number of anilines is 1. The monoisotopic (exact) mass is 272 g/mol. The second kappa shape index (κ2) is 6.72. The number of aromatic amines is 1. The van der Waals surface area contributed by atoms with E-state index < -0.39 is 0 Å². The fourth-order valence-corrected chi connectivity index (χ4v) is 2.03. The molecular formula is C11H17ClN4O2. The summed E-state index contributed by atoms with van der Waals surface area (Å²) < 4.78 is 5.72. The molecule has 0 unspecified atom stereocenters. The van der Waals surface area contributed by atoms with Crippen molar-refractivity contribution in [3.63, 3.8) is 0 Å². The van der Waals surface area contributed by atoms with E-state index in [4.69, 9.17) is 16.3 Å². The Morgan fingerprint density at radius 2 is 2.28 bits per heavy atom. The second-order valence-electron chi connectivity index (χ2n) is 4.14. The van der Waals surface area contributed by atoms with E-state index in [9.17, 15) is 4.79 Å². The number of hydrogen-bond acceptors (Lipinski definition) is 5. The summed E-state index contributed by atoms with van der Waals surface area (Å²) in [5.41, 5.74) is -0.339. The summed E-state index contributed by atoms with van der Waals surface area (Å²) in [4.78, 5) is 17.6. The molecule has 100 valence electrons. The van der Waals surface area contributed by atoms with Gasteiger partial charge in [0, 0.05) is 6.54 Å². The number of hydrogen-bond donors (Lipinski definition) is 3. The van der Waals surface area contributed by atoms with Gasteiger partial charge in [0.2, 0.25) is 0 Å². The Kier molecular flexibility index (Phi) is 4.98. The molecule has 0 radical (unpaired) electrons. The molecule has 1 aromatic rings. The molecular weight excluding hydrogens is 256 g/mol. The molecule has 2 heterocycles. The number of H-pyrrole nitrogens is 1. The van der Waals surface area contributed by atoms with E-state index in [1.807, 2.05) is 0 Å². The van der Waals surface area contributed by atoms with E-state index in [2.05, 4.69) is 20.6 Å². The molecule has 0 saturated carbocycles. The van der Waals surface area contributed by atoms with Crippen molar-refractivity contribution in [2.24, 2.45) is 0 Å². The summed E-state index contributed by atoms with van der Waals surface area (Å²) in [5.74, 6) is 0.398. The summed E-state index contributed by atoms with van der Waals surface area (Å²) in [5, 5.41) is 6.36. The van der Waals surface area contributed by atoms with Crippen LogP contribution in [0.25, 0.3) is 0 Å². The number of aromatic nitrogens is 2. The van der Waals surface area contributed by atoms with Crippen LogP contribution < -0.4 is 16.2 Å². The third-order valence-corrected chi connectivity index (χ3v) is 3.18. The van der Waals surface area contributed by atoms with Crippen LogP contribution in [0.3, 0.4) is 0 Å². The fourth-order valence-electron chi connectivity index (χ4n) is 1.86. The Morgan fingerprint density at radius 3 is 3.06 bits per heavy atom. The molecule has 2 rings (SSSR count). The molecule has 0 aromatic carbocycles. The molecule has 1 saturated heterocycles. The van der Waals surface area contributed by atoms with Crippen LogP contribution in [0.4, 0.5) is 5.82 Å². The smallest absolute Gasteiger partial charge is 0.271 e. The first-order valence-corrected chi connectivity index (χ1v) is 6.44. The molecule has 1 aromatic heterocycles. The first kappa shape index (κ1) is 13.3. The number of ether oxygens (including phenoxy) is 1. The molecule has 0 spiro atoms. The SMILES string of the molecule is O=c1[nH]cnc(NCCOC2CCNCC2)c1Cl. The van der Waals surface area contributed by atoms with E-state index in [-0.39, 0.29) is 10.6 Å². The van der Waals surface area contributed by atoms with Gasteiger partial charge in [0.1, 0.15) is 5.02 Å². The van der Waals surface area contributed by atoms with Gasteiger partial charge in [-0.1, -0.05) is 11.6 Å². The summed E-state index contributed by atoms with van der Waals surface area (Å²) in [6, 6.07) is 0. The highest BCUT2D eigenvalue weighted by Gasteiger charge is 2.12. The fraction of sp³-hybridized carbons (Fsp3) is 0.636. The maximum Gasteiger partial charge on any atom is 0.271 e. The topological polar surface area (TPSA) is 79.0 Å². The molecule has 0 amide bonds. The minimum Gasteiger partial charge on any atom is -0.376 e. The van der Waals surface area contributed by atoms with Gasteiger partial charge in [0.25, 0.3) is 5.56 Å². The maximum absolute atomic E-state index is 11.2. The second-order valence-corrected chi connectivity index (χ2v) is 4.52. The van der Waals surface area contributed by atoms with Crippen molar-refractivity contribution in [1.82, 2.24) is 15.3 Å². The Balaban J connectivity index is 1.71. The highest BCUT2D eigenvalue weighted by molar-refractivity contribution is 6.32. The quantitative estimate of drug-likeness (QED) is 0.684. The number of rotatable bonds is 5. The van der Waals surface area contributed by atoms with Gasteiger partial charge < -0.3 is 20.4 Å². The van der Waals surface area contributed by atoms with Crippen LogP contribution in [0.5, 0.6) is 0 Å². The van der Waals surface area contributed by atoms with E-state index >= 15 is 0 Å². The van der Waals surface area contributed by atoms with Crippen LogP contribution in [-0.4, -0.2) is 42.3 Å². The van der Waals surface area contributed by atoms with Crippen molar-refractivity contribution in [2.75, 3.05) is 31.6 Å². The van der Waals surface area contributed by atoms with Crippen LogP contribution >= 0.6 is 11.6 Å². The van der Waals surface area contributed by atoms with E-state index in [0.717, 1.165) is 25.9 Å². The van der Waals surface area contributed by atoms with Crippen molar-refractivity contribution in [3.8, 4) is 0 Å².